The molecule has 2 aliphatic heterocycles. The van der Waals surface area contributed by atoms with E-state index in [0.29, 0.717) is 24.3 Å². The maximum atomic E-state index is 12.8. The normalized spacial score (nSPS) is 18.8. The molecule has 6 nitrogen and oxygen atoms in total. The third-order valence-corrected chi connectivity index (χ3v) is 5.08. The van der Waals surface area contributed by atoms with Gasteiger partial charge in [-0.05, 0) is 28.8 Å². The molecule has 1 amide bonds. The molecule has 2 aliphatic rings. The minimum atomic E-state index is 0.00598. The highest BCUT2D eigenvalue weighted by Crippen LogP contribution is 2.37. The summed E-state index contributed by atoms with van der Waals surface area (Å²) in [4.78, 5) is 14.6. The van der Waals surface area contributed by atoms with E-state index in [1.807, 2.05) is 35.0 Å². The number of carbonyl (C=O) groups excluding carboxylic acids is 1. The Balaban J connectivity index is 1.63. The zero-order valence-electron chi connectivity index (χ0n) is 13.9. The maximum absolute atomic E-state index is 12.8. The molecule has 1 unspecified atom stereocenters. The molecular formula is C19H18N4O2. The Hall–Kier alpha value is -2.86. The molecule has 0 saturated carbocycles. The number of benzene rings is 2. The number of nitrogen functional groups attached to an aromatic ring is 1. The highest BCUT2D eigenvalue weighted by atomic mass is 16.6. The van der Waals surface area contributed by atoms with E-state index < -0.39 is 0 Å². The van der Waals surface area contributed by atoms with E-state index in [9.17, 15) is 4.79 Å². The van der Waals surface area contributed by atoms with Crippen LogP contribution in [-0.4, -0.2) is 39.8 Å². The molecule has 2 N–H and O–H groups in total. The van der Waals surface area contributed by atoms with Crippen LogP contribution in [0.1, 0.15) is 15.9 Å². The van der Waals surface area contributed by atoms with Gasteiger partial charge in [-0.15, -0.1) is 0 Å². The fraction of sp³-hybridized carbons (Fsp3) is 0.263. The molecule has 0 radical (unpaired) electrons. The average Bonchev–Trinajstić information content (AvgIpc) is 3.27. The quantitative estimate of drug-likeness (QED) is 0.588. The number of carbonyl (C=O) groups is 1. The molecule has 1 fully saturated rings. The van der Waals surface area contributed by atoms with E-state index in [0.717, 1.165) is 34.2 Å². The Morgan fingerprint density at radius 1 is 1.32 bits per heavy atom. The number of nitrogens with zero attached hydrogens (tertiary/aromatic N) is 3. The molecule has 25 heavy (non-hydrogen) atoms. The number of hydrogen-bond acceptors (Lipinski definition) is 4. The number of ether oxygens (including phenoxy) is 1. The lowest BCUT2D eigenvalue weighted by Gasteiger charge is -2.13. The van der Waals surface area contributed by atoms with Gasteiger partial charge in [-0.25, -0.2) is 0 Å². The van der Waals surface area contributed by atoms with E-state index in [4.69, 9.17) is 10.5 Å². The number of nitrogens with two attached hydrogens (primary N) is 1. The van der Waals surface area contributed by atoms with Crippen molar-refractivity contribution in [3.05, 3.63) is 47.7 Å². The first-order valence-corrected chi connectivity index (χ1v) is 8.36. The van der Waals surface area contributed by atoms with Gasteiger partial charge in [0.1, 0.15) is 0 Å². The molecule has 5 rings (SSSR count). The van der Waals surface area contributed by atoms with Crippen LogP contribution in [0.3, 0.4) is 0 Å². The van der Waals surface area contributed by atoms with Crippen molar-refractivity contribution in [3.63, 3.8) is 0 Å². The second kappa shape index (κ2) is 5.07. The average molecular weight is 334 g/mol. The molecule has 1 atom stereocenters. The van der Waals surface area contributed by atoms with Crippen molar-refractivity contribution in [1.82, 2.24) is 14.7 Å². The van der Waals surface area contributed by atoms with E-state index in [-0.39, 0.29) is 12.0 Å². The van der Waals surface area contributed by atoms with Crippen LogP contribution in [-0.2, 0) is 18.3 Å². The Labute approximate surface area is 144 Å². The minimum Gasteiger partial charge on any atom is -0.398 e. The van der Waals surface area contributed by atoms with Gasteiger partial charge in [-0.3, -0.25) is 9.48 Å². The summed E-state index contributed by atoms with van der Waals surface area (Å²) in [5.74, 6) is 0.00598. The van der Waals surface area contributed by atoms with Crippen molar-refractivity contribution >= 4 is 22.5 Å². The minimum absolute atomic E-state index is 0.00598. The van der Waals surface area contributed by atoms with Crippen LogP contribution in [0.2, 0.25) is 0 Å². The number of aryl methyl sites for hydroxylation is 1. The molecule has 2 aromatic carbocycles. The van der Waals surface area contributed by atoms with Gasteiger partial charge in [-0.2, -0.15) is 5.10 Å². The van der Waals surface area contributed by atoms with Crippen LogP contribution in [0.4, 0.5) is 5.69 Å². The third kappa shape index (κ3) is 2.21. The monoisotopic (exact) mass is 334 g/mol. The zero-order chi connectivity index (χ0) is 17.1. The first-order valence-electron chi connectivity index (χ1n) is 8.36. The molecule has 6 heteroatoms. The summed E-state index contributed by atoms with van der Waals surface area (Å²) in [5, 5.41) is 5.40. The fourth-order valence-corrected chi connectivity index (χ4v) is 3.65. The summed E-state index contributed by atoms with van der Waals surface area (Å²) in [6.07, 6.45) is 2.03. The number of rotatable bonds is 3. The second-order valence-corrected chi connectivity index (χ2v) is 6.74. The van der Waals surface area contributed by atoms with Crippen LogP contribution in [0.25, 0.3) is 22.0 Å². The predicted molar refractivity (Wildman–Crippen MR) is 95.0 cm³/mol. The second-order valence-electron chi connectivity index (χ2n) is 6.74. The first-order chi connectivity index (χ1) is 12.1. The van der Waals surface area contributed by atoms with Gasteiger partial charge in [0.2, 0.25) is 0 Å². The van der Waals surface area contributed by atoms with Crippen molar-refractivity contribution < 1.29 is 9.53 Å². The van der Waals surface area contributed by atoms with Crippen LogP contribution in [0.15, 0.2) is 36.5 Å². The van der Waals surface area contributed by atoms with Crippen LogP contribution in [0, 0.1) is 0 Å². The van der Waals surface area contributed by atoms with Crippen molar-refractivity contribution in [3.8, 4) is 11.1 Å². The van der Waals surface area contributed by atoms with Gasteiger partial charge < -0.3 is 15.4 Å². The molecular weight excluding hydrogens is 316 g/mol. The number of fused-ring (bicyclic) bond motifs is 2. The van der Waals surface area contributed by atoms with Gasteiger partial charge in [-0.1, -0.05) is 18.2 Å². The van der Waals surface area contributed by atoms with Gasteiger partial charge in [0, 0.05) is 31.2 Å². The van der Waals surface area contributed by atoms with Gasteiger partial charge in [0.05, 0.1) is 30.0 Å². The highest BCUT2D eigenvalue weighted by molar-refractivity contribution is 6.05. The lowest BCUT2D eigenvalue weighted by atomic mass is 9.95. The largest absolute Gasteiger partial charge is 0.398 e. The van der Waals surface area contributed by atoms with Gasteiger partial charge in [0.25, 0.3) is 5.91 Å². The van der Waals surface area contributed by atoms with E-state index >= 15 is 0 Å². The highest BCUT2D eigenvalue weighted by Gasteiger charge is 2.36. The molecule has 0 aliphatic carbocycles. The zero-order valence-corrected chi connectivity index (χ0v) is 13.9. The number of epoxide rings is 1. The van der Waals surface area contributed by atoms with E-state index in [1.54, 1.807) is 0 Å². The van der Waals surface area contributed by atoms with Crippen molar-refractivity contribution in [2.75, 3.05) is 18.9 Å². The molecule has 1 aromatic heterocycles. The van der Waals surface area contributed by atoms with Crippen molar-refractivity contribution in [2.24, 2.45) is 7.05 Å². The number of hydrogen-bond donors (Lipinski definition) is 1. The van der Waals surface area contributed by atoms with Crippen molar-refractivity contribution in [1.29, 1.82) is 0 Å². The first kappa shape index (κ1) is 14.5. The fourth-order valence-electron chi connectivity index (χ4n) is 3.65. The van der Waals surface area contributed by atoms with Crippen LogP contribution < -0.4 is 5.73 Å². The predicted octanol–water partition coefficient (Wildman–Crippen LogP) is 2.18. The SMILES string of the molecule is Cn1ncc2ccc(-c3ccc(N)c4c3CN(CC3CO3)C4=O)cc21. The summed E-state index contributed by atoms with van der Waals surface area (Å²) in [6, 6.07) is 10.1. The molecule has 3 heterocycles. The summed E-state index contributed by atoms with van der Waals surface area (Å²) in [6.45, 7) is 1.95. The Morgan fingerprint density at radius 3 is 2.96 bits per heavy atom. The van der Waals surface area contributed by atoms with Gasteiger partial charge >= 0.3 is 0 Å². The Morgan fingerprint density at radius 2 is 2.16 bits per heavy atom. The summed E-state index contributed by atoms with van der Waals surface area (Å²) >= 11 is 0. The maximum Gasteiger partial charge on any atom is 0.256 e. The molecule has 126 valence electrons. The molecule has 3 aromatic rings. The summed E-state index contributed by atoms with van der Waals surface area (Å²) in [5.41, 5.74) is 11.5. The lowest BCUT2D eigenvalue weighted by Crippen LogP contribution is -2.28. The number of aromatic nitrogens is 2. The molecule has 0 spiro atoms. The number of amides is 1. The Bertz CT molecular complexity index is 1020. The van der Waals surface area contributed by atoms with Gasteiger partial charge in [0.15, 0.2) is 0 Å². The topological polar surface area (TPSA) is 76.7 Å². The molecule has 0 bridgehead atoms. The summed E-state index contributed by atoms with van der Waals surface area (Å²) < 4.78 is 7.14. The summed E-state index contributed by atoms with van der Waals surface area (Å²) in [7, 11) is 1.93. The Kier molecular flexibility index (Phi) is 2.93. The standard InChI is InChI=1S/C19H18N4O2/c1-22-17-6-11(2-3-12(17)7-21-22)14-4-5-16(20)18-15(14)9-23(19(18)24)8-13-10-25-13/h2-7,13H,8-10,20H2,1H3. The smallest absolute Gasteiger partial charge is 0.256 e. The van der Waals surface area contributed by atoms with Crippen LogP contribution >= 0.6 is 0 Å². The third-order valence-electron chi connectivity index (χ3n) is 5.08. The van der Waals surface area contributed by atoms with E-state index in [1.165, 1.54) is 0 Å². The molecule has 1 saturated heterocycles. The lowest BCUT2D eigenvalue weighted by molar-refractivity contribution is 0.0767. The van der Waals surface area contributed by atoms with Crippen molar-refractivity contribution in [2.45, 2.75) is 12.6 Å². The van der Waals surface area contributed by atoms with Crippen LogP contribution in [0.5, 0.6) is 0 Å². The number of anilines is 1. The van der Waals surface area contributed by atoms with E-state index in [2.05, 4.69) is 23.3 Å².